The quantitative estimate of drug-likeness (QED) is 0.602. The fraction of sp³-hybridized carbons (Fsp3) is 0.524. The van der Waals surface area contributed by atoms with E-state index >= 15 is 0 Å². The SMILES string of the molecule is CN=C(NCc1cccc(Cn2ccnc2)c1)N(C)CCC1CCOCC1. The van der Waals surface area contributed by atoms with E-state index in [0.717, 1.165) is 44.7 Å². The van der Waals surface area contributed by atoms with Crippen molar-refractivity contribution >= 4 is 5.96 Å². The van der Waals surface area contributed by atoms with Crippen LogP contribution < -0.4 is 5.32 Å². The van der Waals surface area contributed by atoms with Gasteiger partial charge in [-0.25, -0.2) is 4.98 Å². The number of guanidine groups is 1. The molecule has 27 heavy (non-hydrogen) atoms. The van der Waals surface area contributed by atoms with Crippen LogP contribution in [0.1, 0.15) is 30.4 Å². The van der Waals surface area contributed by atoms with E-state index in [1.807, 2.05) is 25.8 Å². The van der Waals surface area contributed by atoms with Gasteiger partial charge in [0.1, 0.15) is 0 Å². The van der Waals surface area contributed by atoms with Crippen molar-refractivity contribution in [2.75, 3.05) is 33.9 Å². The number of rotatable bonds is 7. The van der Waals surface area contributed by atoms with E-state index in [-0.39, 0.29) is 0 Å². The topological polar surface area (TPSA) is 54.7 Å². The van der Waals surface area contributed by atoms with Gasteiger partial charge >= 0.3 is 0 Å². The number of hydrogen-bond donors (Lipinski definition) is 1. The van der Waals surface area contributed by atoms with Crippen LogP contribution in [0.25, 0.3) is 0 Å². The molecule has 0 aliphatic carbocycles. The van der Waals surface area contributed by atoms with Gasteiger partial charge in [-0.3, -0.25) is 4.99 Å². The van der Waals surface area contributed by atoms with E-state index in [2.05, 4.69) is 56.1 Å². The van der Waals surface area contributed by atoms with Crippen molar-refractivity contribution in [3.63, 3.8) is 0 Å². The standard InChI is InChI=1S/C21H31N5O/c1-22-21(25(2)10-6-18-7-12-27-13-8-18)24-15-19-4-3-5-20(14-19)16-26-11-9-23-17-26/h3-5,9,11,14,17-18H,6-8,10,12-13,15-16H2,1-2H3,(H,22,24). The van der Waals surface area contributed by atoms with Crippen LogP contribution in [-0.2, 0) is 17.8 Å². The van der Waals surface area contributed by atoms with Crippen LogP contribution in [0.3, 0.4) is 0 Å². The Morgan fingerprint density at radius 3 is 2.89 bits per heavy atom. The van der Waals surface area contributed by atoms with Crippen LogP contribution in [-0.4, -0.2) is 54.3 Å². The van der Waals surface area contributed by atoms with E-state index in [4.69, 9.17) is 4.74 Å². The third-order valence-electron chi connectivity index (χ3n) is 5.15. The molecule has 0 atom stereocenters. The third-order valence-corrected chi connectivity index (χ3v) is 5.15. The molecule has 0 bridgehead atoms. The minimum absolute atomic E-state index is 0.770. The molecule has 1 aliphatic heterocycles. The lowest BCUT2D eigenvalue weighted by atomic mass is 9.96. The predicted molar refractivity (Wildman–Crippen MR) is 109 cm³/mol. The number of nitrogens with one attached hydrogen (secondary N) is 1. The molecule has 1 aliphatic rings. The van der Waals surface area contributed by atoms with Gasteiger partial charge in [0.05, 0.1) is 6.33 Å². The average Bonchev–Trinajstić information content (AvgIpc) is 3.21. The first-order valence-electron chi connectivity index (χ1n) is 9.77. The predicted octanol–water partition coefficient (Wildman–Crippen LogP) is 2.76. The molecule has 1 N–H and O–H groups in total. The molecule has 2 aromatic rings. The Morgan fingerprint density at radius 2 is 2.15 bits per heavy atom. The number of nitrogens with zero attached hydrogens (tertiary/aromatic N) is 4. The zero-order chi connectivity index (χ0) is 18.9. The summed E-state index contributed by atoms with van der Waals surface area (Å²) in [5.74, 6) is 1.72. The number of imidazole rings is 1. The highest BCUT2D eigenvalue weighted by molar-refractivity contribution is 5.79. The van der Waals surface area contributed by atoms with Crippen LogP contribution in [0, 0.1) is 5.92 Å². The average molecular weight is 370 g/mol. The highest BCUT2D eigenvalue weighted by Gasteiger charge is 2.15. The van der Waals surface area contributed by atoms with Crippen LogP contribution in [0.15, 0.2) is 48.0 Å². The Bertz CT molecular complexity index is 707. The second-order valence-corrected chi connectivity index (χ2v) is 7.22. The van der Waals surface area contributed by atoms with Crippen LogP contribution in [0.5, 0.6) is 0 Å². The second kappa shape index (κ2) is 10.1. The van der Waals surface area contributed by atoms with Crippen LogP contribution in [0.4, 0.5) is 0 Å². The van der Waals surface area contributed by atoms with E-state index in [0.29, 0.717) is 0 Å². The Morgan fingerprint density at radius 1 is 1.33 bits per heavy atom. The van der Waals surface area contributed by atoms with Crippen LogP contribution >= 0.6 is 0 Å². The largest absolute Gasteiger partial charge is 0.381 e. The number of aliphatic imine (C=N–C) groups is 1. The number of hydrogen-bond acceptors (Lipinski definition) is 3. The molecule has 1 saturated heterocycles. The van der Waals surface area contributed by atoms with Crippen molar-refractivity contribution in [1.29, 1.82) is 0 Å². The zero-order valence-electron chi connectivity index (χ0n) is 16.5. The Hall–Kier alpha value is -2.34. The first-order valence-corrected chi connectivity index (χ1v) is 9.77. The van der Waals surface area contributed by atoms with Gasteiger partial charge in [-0.2, -0.15) is 0 Å². The van der Waals surface area contributed by atoms with Crippen molar-refractivity contribution in [2.24, 2.45) is 10.9 Å². The lowest BCUT2D eigenvalue weighted by molar-refractivity contribution is 0.0625. The maximum atomic E-state index is 5.45. The molecule has 0 spiro atoms. The van der Waals surface area contributed by atoms with E-state index in [1.54, 1.807) is 0 Å². The van der Waals surface area contributed by atoms with Gasteiger partial charge in [0.15, 0.2) is 5.96 Å². The van der Waals surface area contributed by atoms with Gasteiger partial charge in [-0.1, -0.05) is 24.3 Å². The first kappa shape index (κ1) is 19.4. The lowest BCUT2D eigenvalue weighted by Crippen LogP contribution is -2.39. The molecule has 1 fully saturated rings. The van der Waals surface area contributed by atoms with Gasteiger partial charge in [-0.15, -0.1) is 0 Å². The lowest BCUT2D eigenvalue weighted by Gasteiger charge is -2.27. The van der Waals surface area contributed by atoms with Crippen molar-refractivity contribution in [1.82, 2.24) is 19.8 Å². The fourth-order valence-electron chi connectivity index (χ4n) is 3.51. The van der Waals surface area contributed by atoms with Gasteiger partial charge in [0.2, 0.25) is 0 Å². The van der Waals surface area contributed by atoms with Gasteiger partial charge in [-0.05, 0) is 36.3 Å². The molecule has 0 radical (unpaired) electrons. The van der Waals surface area contributed by atoms with E-state index in [1.165, 1.54) is 30.4 Å². The Kier molecular flexibility index (Phi) is 7.27. The Balaban J connectivity index is 1.48. The molecule has 2 heterocycles. The molecule has 0 amide bonds. The molecular formula is C21H31N5O. The summed E-state index contributed by atoms with van der Waals surface area (Å²) in [6, 6.07) is 8.65. The van der Waals surface area contributed by atoms with Crippen LogP contribution in [0.2, 0.25) is 0 Å². The molecule has 0 unspecified atom stereocenters. The van der Waals surface area contributed by atoms with Crippen molar-refractivity contribution in [3.05, 3.63) is 54.1 Å². The zero-order valence-corrected chi connectivity index (χ0v) is 16.5. The second-order valence-electron chi connectivity index (χ2n) is 7.22. The maximum absolute atomic E-state index is 5.45. The molecule has 0 saturated carbocycles. The summed E-state index contributed by atoms with van der Waals surface area (Å²) in [6.45, 7) is 4.46. The molecule has 6 heteroatoms. The number of ether oxygens (including phenoxy) is 1. The normalized spacial score (nSPS) is 15.7. The van der Waals surface area contributed by atoms with Crippen molar-refractivity contribution < 1.29 is 4.74 Å². The fourth-order valence-corrected chi connectivity index (χ4v) is 3.51. The highest BCUT2D eigenvalue weighted by atomic mass is 16.5. The summed E-state index contributed by atoms with van der Waals surface area (Å²) in [4.78, 5) is 10.8. The highest BCUT2D eigenvalue weighted by Crippen LogP contribution is 2.18. The van der Waals surface area contributed by atoms with E-state index in [9.17, 15) is 0 Å². The Labute approximate surface area is 162 Å². The summed E-state index contributed by atoms with van der Waals surface area (Å²) >= 11 is 0. The summed E-state index contributed by atoms with van der Waals surface area (Å²) in [7, 11) is 3.97. The molecular weight excluding hydrogens is 338 g/mol. The maximum Gasteiger partial charge on any atom is 0.193 e. The smallest absolute Gasteiger partial charge is 0.193 e. The van der Waals surface area contributed by atoms with E-state index < -0.39 is 0 Å². The van der Waals surface area contributed by atoms with Crippen molar-refractivity contribution in [2.45, 2.75) is 32.4 Å². The number of benzene rings is 1. The summed E-state index contributed by atoms with van der Waals surface area (Å²) in [6.07, 6.45) is 9.21. The summed E-state index contributed by atoms with van der Waals surface area (Å²) < 4.78 is 7.53. The monoisotopic (exact) mass is 369 g/mol. The van der Waals surface area contributed by atoms with Gasteiger partial charge in [0.25, 0.3) is 0 Å². The molecule has 6 nitrogen and oxygen atoms in total. The summed E-state index contributed by atoms with van der Waals surface area (Å²) in [5, 5.41) is 3.49. The molecule has 146 valence electrons. The van der Waals surface area contributed by atoms with Gasteiger partial charge in [0, 0.05) is 59.3 Å². The summed E-state index contributed by atoms with van der Waals surface area (Å²) in [5.41, 5.74) is 2.53. The van der Waals surface area contributed by atoms with Crippen molar-refractivity contribution in [3.8, 4) is 0 Å². The minimum Gasteiger partial charge on any atom is -0.381 e. The first-order chi connectivity index (χ1) is 13.2. The number of aromatic nitrogens is 2. The third kappa shape index (κ3) is 6.10. The molecule has 3 rings (SSSR count). The molecule has 1 aromatic carbocycles. The minimum atomic E-state index is 0.770. The molecule has 1 aromatic heterocycles. The van der Waals surface area contributed by atoms with Gasteiger partial charge < -0.3 is 19.5 Å².